The van der Waals surface area contributed by atoms with Crippen LogP contribution in [0.4, 0.5) is 4.39 Å². The standard InChI is InChI=1S/C17H14BrFN2O3/c18-11-2-1-3-14(6-11)24-9-13(22)8-21-10-20-16-7-12(19)4-5-15(16)17(21)23/h1-7,10,13,22H,8-9H2. The number of aromatic nitrogens is 2. The number of halogens is 2. The van der Waals surface area contributed by atoms with Gasteiger partial charge in [0.25, 0.3) is 5.56 Å². The van der Waals surface area contributed by atoms with E-state index in [0.29, 0.717) is 11.1 Å². The van der Waals surface area contributed by atoms with Crippen LogP contribution in [0.1, 0.15) is 0 Å². The molecule has 0 amide bonds. The van der Waals surface area contributed by atoms with Crippen molar-refractivity contribution in [1.29, 1.82) is 0 Å². The normalized spacial score (nSPS) is 12.3. The minimum Gasteiger partial charge on any atom is -0.491 e. The van der Waals surface area contributed by atoms with Crippen molar-refractivity contribution in [3.63, 3.8) is 0 Å². The maximum atomic E-state index is 13.2. The molecular weight excluding hydrogens is 379 g/mol. The molecular formula is C17H14BrFN2O3. The maximum absolute atomic E-state index is 13.2. The molecule has 0 aliphatic carbocycles. The van der Waals surface area contributed by atoms with Crippen molar-refractivity contribution >= 4 is 26.8 Å². The zero-order chi connectivity index (χ0) is 17.1. The molecule has 7 heteroatoms. The van der Waals surface area contributed by atoms with E-state index in [-0.39, 0.29) is 24.2 Å². The fourth-order valence-corrected chi connectivity index (χ4v) is 2.67. The van der Waals surface area contributed by atoms with E-state index >= 15 is 0 Å². The molecule has 1 heterocycles. The molecule has 0 saturated carbocycles. The number of aliphatic hydroxyl groups excluding tert-OH is 1. The van der Waals surface area contributed by atoms with Crippen molar-refractivity contribution in [2.45, 2.75) is 12.6 Å². The van der Waals surface area contributed by atoms with E-state index in [4.69, 9.17) is 4.74 Å². The van der Waals surface area contributed by atoms with Gasteiger partial charge in [-0.1, -0.05) is 22.0 Å². The molecule has 1 aromatic heterocycles. The third-order valence-electron chi connectivity index (χ3n) is 3.43. The molecule has 0 aliphatic rings. The van der Waals surface area contributed by atoms with Gasteiger partial charge in [0.15, 0.2) is 0 Å². The summed E-state index contributed by atoms with van der Waals surface area (Å²) in [4.78, 5) is 16.4. The summed E-state index contributed by atoms with van der Waals surface area (Å²) in [5.74, 6) is 0.164. The number of rotatable bonds is 5. The second-order valence-corrected chi connectivity index (χ2v) is 6.20. The van der Waals surface area contributed by atoms with Gasteiger partial charge < -0.3 is 9.84 Å². The molecule has 0 bridgehead atoms. The molecule has 3 rings (SSSR count). The van der Waals surface area contributed by atoms with E-state index in [9.17, 15) is 14.3 Å². The molecule has 1 unspecified atom stereocenters. The monoisotopic (exact) mass is 392 g/mol. The molecule has 0 radical (unpaired) electrons. The van der Waals surface area contributed by atoms with Gasteiger partial charge in [-0.2, -0.15) is 0 Å². The molecule has 5 nitrogen and oxygen atoms in total. The Bertz CT molecular complexity index is 929. The molecule has 24 heavy (non-hydrogen) atoms. The highest BCUT2D eigenvalue weighted by molar-refractivity contribution is 9.10. The van der Waals surface area contributed by atoms with Crippen LogP contribution in [0.5, 0.6) is 5.75 Å². The lowest BCUT2D eigenvalue weighted by Crippen LogP contribution is -2.30. The Labute approximate surface area is 145 Å². The first kappa shape index (κ1) is 16.6. The van der Waals surface area contributed by atoms with Gasteiger partial charge >= 0.3 is 0 Å². The van der Waals surface area contributed by atoms with Crippen molar-refractivity contribution in [2.75, 3.05) is 6.61 Å². The summed E-state index contributed by atoms with van der Waals surface area (Å²) in [5, 5.41) is 10.4. The highest BCUT2D eigenvalue weighted by Crippen LogP contribution is 2.18. The lowest BCUT2D eigenvalue weighted by atomic mass is 10.2. The minimum absolute atomic E-state index is 0.0321. The first-order valence-corrected chi connectivity index (χ1v) is 8.03. The first-order valence-electron chi connectivity index (χ1n) is 7.24. The maximum Gasteiger partial charge on any atom is 0.261 e. The number of aliphatic hydroxyl groups is 1. The van der Waals surface area contributed by atoms with Gasteiger partial charge in [-0.05, 0) is 30.3 Å². The average Bonchev–Trinajstić information content (AvgIpc) is 2.56. The van der Waals surface area contributed by atoms with Gasteiger partial charge in [0.1, 0.15) is 24.3 Å². The van der Waals surface area contributed by atoms with E-state index < -0.39 is 11.9 Å². The third kappa shape index (κ3) is 3.80. The van der Waals surface area contributed by atoms with Gasteiger partial charge in [0.05, 0.1) is 23.8 Å². The van der Waals surface area contributed by atoms with Gasteiger partial charge in [-0.25, -0.2) is 9.37 Å². The lowest BCUT2D eigenvalue weighted by molar-refractivity contribution is 0.0914. The summed E-state index contributed by atoms with van der Waals surface area (Å²) in [6.45, 7) is 0.0670. The molecule has 1 atom stereocenters. The van der Waals surface area contributed by atoms with Crippen molar-refractivity contribution in [3.05, 3.63) is 69.4 Å². The van der Waals surface area contributed by atoms with Crippen LogP contribution < -0.4 is 10.3 Å². The second kappa shape index (κ2) is 7.11. The van der Waals surface area contributed by atoms with Crippen molar-refractivity contribution < 1.29 is 14.2 Å². The Kier molecular flexibility index (Phi) is 4.92. The molecule has 3 aromatic rings. The topological polar surface area (TPSA) is 64.4 Å². The number of benzene rings is 2. The summed E-state index contributed by atoms with van der Waals surface area (Å²) in [6.07, 6.45) is 0.410. The highest BCUT2D eigenvalue weighted by Gasteiger charge is 2.11. The smallest absolute Gasteiger partial charge is 0.261 e. The van der Waals surface area contributed by atoms with Gasteiger partial charge in [0.2, 0.25) is 0 Å². The van der Waals surface area contributed by atoms with E-state index in [1.54, 1.807) is 12.1 Å². The zero-order valence-electron chi connectivity index (χ0n) is 12.5. The lowest BCUT2D eigenvalue weighted by Gasteiger charge is -2.14. The fourth-order valence-electron chi connectivity index (χ4n) is 2.29. The minimum atomic E-state index is -0.888. The Morgan fingerprint density at radius 3 is 2.92 bits per heavy atom. The number of ether oxygens (including phenoxy) is 1. The van der Waals surface area contributed by atoms with Gasteiger partial charge in [-0.3, -0.25) is 9.36 Å². The molecule has 0 fully saturated rings. The molecule has 0 aliphatic heterocycles. The van der Waals surface area contributed by atoms with E-state index in [1.807, 2.05) is 12.1 Å². The van der Waals surface area contributed by atoms with E-state index in [2.05, 4.69) is 20.9 Å². The first-order chi connectivity index (χ1) is 11.5. The Balaban J connectivity index is 1.71. The summed E-state index contributed by atoms with van der Waals surface area (Å²) in [5.41, 5.74) is -0.0439. The number of fused-ring (bicyclic) bond motifs is 1. The zero-order valence-corrected chi connectivity index (χ0v) is 14.1. The number of hydrogen-bond acceptors (Lipinski definition) is 4. The van der Waals surface area contributed by atoms with Gasteiger partial charge in [-0.15, -0.1) is 0 Å². The van der Waals surface area contributed by atoms with Crippen LogP contribution in [-0.4, -0.2) is 27.4 Å². The largest absolute Gasteiger partial charge is 0.491 e. The average molecular weight is 393 g/mol. The van der Waals surface area contributed by atoms with Crippen molar-refractivity contribution in [1.82, 2.24) is 9.55 Å². The molecule has 1 N–H and O–H groups in total. The summed E-state index contributed by atoms with van der Waals surface area (Å²) >= 11 is 3.34. The highest BCUT2D eigenvalue weighted by atomic mass is 79.9. The Morgan fingerprint density at radius 2 is 2.12 bits per heavy atom. The third-order valence-corrected chi connectivity index (χ3v) is 3.93. The van der Waals surface area contributed by atoms with Crippen LogP contribution in [-0.2, 0) is 6.54 Å². The Hall–Kier alpha value is -2.25. The van der Waals surface area contributed by atoms with Crippen LogP contribution in [0, 0.1) is 5.82 Å². The van der Waals surface area contributed by atoms with E-state index in [0.717, 1.165) is 4.47 Å². The predicted octanol–water partition coefficient (Wildman–Crippen LogP) is 2.74. The second-order valence-electron chi connectivity index (χ2n) is 5.29. The molecule has 0 spiro atoms. The van der Waals surface area contributed by atoms with Crippen molar-refractivity contribution in [2.24, 2.45) is 0 Å². The number of hydrogen-bond donors (Lipinski definition) is 1. The fraction of sp³-hybridized carbons (Fsp3) is 0.176. The van der Waals surface area contributed by atoms with Crippen LogP contribution >= 0.6 is 15.9 Å². The summed E-state index contributed by atoms with van der Waals surface area (Å²) in [6, 6.07) is 11.0. The predicted molar refractivity (Wildman–Crippen MR) is 91.6 cm³/mol. The van der Waals surface area contributed by atoms with Crippen LogP contribution in [0.2, 0.25) is 0 Å². The molecule has 0 saturated heterocycles. The van der Waals surface area contributed by atoms with Crippen molar-refractivity contribution in [3.8, 4) is 5.75 Å². The van der Waals surface area contributed by atoms with Crippen LogP contribution in [0.25, 0.3) is 10.9 Å². The summed E-state index contributed by atoms with van der Waals surface area (Å²) < 4.78 is 20.8. The quantitative estimate of drug-likeness (QED) is 0.724. The summed E-state index contributed by atoms with van der Waals surface area (Å²) in [7, 11) is 0. The Morgan fingerprint density at radius 1 is 1.29 bits per heavy atom. The molecule has 2 aromatic carbocycles. The number of nitrogens with zero attached hydrogens (tertiary/aromatic N) is 2. The van der Waals surface area contributed by atoms with Gasteiger partial charge in [0, 0.05) is 10.5 Å². The van der Waals surface area contributed by atoms with Crippen LogP contribution in [0.15, 0.2) is 58.1 Å². The van der Waals surface area contributed by atoms with Crippen LogP contribution in [0.3, 0.4) is 0 Å². The van der Waals surface area contributed by atoms with E-state index in [1.165, 1.54) is 29.1 Å². The molecule has 124 valence electrons. The SMILES string of the molecule is O=c1c2ccc(F)cc2ncn1CC(O)COc1cccc(Br)c1.